The number of sulfonamides is 1. The smallest absolute Gasteiger partial charge is 0.243 e. The van der Waals surface area contributed by atoms with E-state index in [0.717, 1.165) is 18.4 Å². The molecular formula is C16H18N2O3S. The predicted octanol–water partition coefficient (Wildman–Crippen LogP) is 2.44. The Morgan fingerprint density at radius 3 is 2.50 bits per heavy atom. The fourth-order valence-corrected chi connectivity index (χ4v) is 4.00. The third-order valence-corrected chi connectivity index (χ3v) is 5.59. The molecule has 0 atom stereocenters. The molecule has 1 aliphatic carbocycles. The van der Waals surface area contributed by atoms with E-state index in [1.54, 1.807) is 48.1 Å². The van der Waals surface area contributed by atoms with Gasteiger partial charge in [-0.05, 0) is 48.7 Å². The fraction of sp³-hybridized carbons (Fsp3) is 0.312. The van der Waals surface area contributed by atoms with Crippen molar-refractivity contribution in [3.8, 4) is 5.75 Å². The number of methoxy groups -OCH3 is 1. The third-order valence-electron chi connectivity index (χ3n) is 3.68. The fourth-order valence-electron chi connectivity index (χ4n) is 2.33. The molecule has 1 fully saturated rings. The van der Waals surface area contributed by atoms with Crippen LogP contribution in [0.5, 0.6) is 5.75 Å². The number of aromatic nitrogens is 1. The van der Waals surface area contributed by atoms with Crippen LogP contribution in [-0.4, -0.2) is 30.9 Å². The molecule has 1 heterocycles. The second kappa shape index (κ2) is 6.06. The summed E-state index contributed by atoms with van der Waals surface area (Å²) >= 11 is 0. The predicted molar refractivity (Wildman–Crippen MR) is 83.0 cm³/mol. The molecule has 1 aromatic heterocycles. The Morgan fingerprint density at radius 2 is 1.95 bits per heavy atom. The molecule has 6 heteroatoms. The van der Waals surface area contributed by atoms with Gasteiger partial charge in [-0.1, -0.05) is 6.07 Å². The van der Waals surface area contributed by atoms with Gasteiger partial charge in [-0.25, -0.2) is 8.42 Å². The highest BCUT2D eigenvalue weighted by atomic mass is 32.2. The first-order chi connectivity index (χ1) is 10.6. The third kappa shape index (κ3) is 3.13. The zero-order valence-electron chi connectivity index (χ0n) is 12.3. The number of ether oxygens (including phenoxy) is 1. The van der Waals surface area contributed by atoms with Crippen molar-refractivity contribution < 1.29 is 13.2 Å². The lowest BCUT2D eigenvalue weighted by Gasteiger charge is -2.22. The molecule has 22 heavy (non-hydrogen) atoms. The standard InChI is InChI=1S/C16H18N2O3S/c1-21-15-6-8-16(9-7-15)22(19,20)18(14-4-5-14)12-13-3-2-10-17-11-13/h2-3,6-11,14H,4-5,12H2,1H3. The van der Waals surface area contributed by atoms with E-state index in [-0.39, 0.29) is 6.04 Å². The van der Waals surface area contributed by atoms with E-state index >= 15 is 0 Å². The van der Waals surface area contributed by atoms with Crippen LogP contribution >= 0.6 is 0 Å². The topological polar surface area (TPSA) is 59.5 Å². The Labute approximate surface area is 130 Å². The summed E-state index contributed by atoms with van der Waals surface area (Å²) in [5.41, 5.74) is 0.895. The largest absolute Gasteiger partial charge is 0.497 e. The molecule has 1 aromatic carbocycles. The molecule has 0 amide bonds. The van der Waals surface area contributed by atoms with Crippen LogP contribution in [0.3, 0.4) is 0 Å². The average Bonchev–Trinajstić information content (AvgIpc) is 3.38. The van der Waals surface area contributed by atoms with E-state index in [0.29, 0.717) is 17.2 Å². The monoisotopic (exact) mass is 318 g/mol. The first-order valence-corrected chi connectivity index (χ1v) is 8.60. The molecule has 0 N–H and O–H groups in total. The average molecular weight is 318 g/mol. The number of nitrogens with zero attached hydrogens (tertiary/aromatic N) is 2. The van der Waals surface area contributed by atoms with Crippen molar-refractivity contribution in [1.82, 2.24) is 9.29 Å². The molecule has 5 nitrogen and oxygen atoms in total. The summed E-state index contributed by atoms with van der Waals surface area (Å²) in [6, 6.07) is 10.3. The molecule has 1 saturated carbocycles. The highest BCUT2D eigenvalue weighted by Gasteiger charge is 2.38. The summed E-state index contributed by atoms with van der Waals surface area (Å²) in [4.78, 5) is 4.35. The lowest BCUT2D eigenvalue weighted by atomic mass is 10.3. The van der Waals surface area contributed by atoms with Gasteiger partial charge in [0.2, 0.25) is 10.0 Å². The van der Waals surface area contributed by atoms with Gasteiger partial charge in [-0.2, -0.15) is 4.31 Å². The summed E-state index contributed by atoms with van der Waals surface area (Å²) in [5, 5.41) is 0. The summed E-state index contributed by atoms with van der Waals surface area (Å²) in [6.45, 7) is 0.354. The van der Waals surface area contributed by atoms with Gasteiger partial charge >= 0.3 is 0 Å². The first-order valence-electron chi connectivity index (χ1n) is 7.16. The molecule has 0 saturated heterocycles. The minimum absolute atomic E-state index is 0.0901. The molecule has 116 valence electrons. The minimum atomic E-state index is -3.51. The highest BCUT2D eigenvalue weighted by Crippen LogP contribution is 2.33. The van der Waals surface area contributed by atoms with Gasteiger partial charge in [0.15, 0.2) is 0 Å². The lowest BCUT2D eigenvalue weighted by molar-refractivity contribution is 0.397. The second-order valence-corrected chi connectivity index (χ2v) is 7.21. The molecule has 0 radical (unpaired) electrons. The summed E-state index contributed by atoms with van der Waals surface area (Å²) in [7, 11) is -1.95. The van der Waals surface area contributed by atoms with Crippen molar-refractivity contribution in [2.45, 2.75) is 30.3 Å². The van der Waals surface area contributed by atoms with Crippen molar-refractivity contribution in [2.24, 2.45) is 0 Å². The number of benzene rings is 1. The van der Waals surface area contributed by atoms with Crippen LogP contribution in [0.4, 0.5) is 0 Å². The van der Waals surface area contributed by atoms with Crippen LogP contribution in [0, 0.1) is 0 Å². The Morgan fingerprint density at radius 1 is 1.23 bits per heavy atom. The van der Waals surface area contributed by atoms with E-state index in [2.05, 4.69) is 4.98 Å². The number of hydrogen-bond donors (Lipinski definition) is 0. The normalized spacial score (nSPS) is 15.0. The van der Waals surface area contributed by atoms with Gasteiger partial charge < -0.3 is 4.74 Å². The van der Waals surface area contributed by atoms with Crippen LogP contribution in [0.2, 0.25) is 0 Å². The van der Waals surface area contributed by atoms with Crippen LogP contribution in [-0.2, 0) is 16.6 Å². The van der Waals surface area contributed by atoms with Crippen molar-refractivity contribution in [2.75, 3.05) is 7.11 Å². The van der Waals surface area contributed by atoms with Gasteiger partial charge in [-0.15, -0.1) is 0 Å². The molecule has 0 aliphatic heterocycles. The lowest BCUT2D eigenvalue weighted by Crippen LogP contribution is -2.32. The quantitative estimate of drug-likeness (QED) is 0.821. The van der Waals surface area contributed by atoms with Crippen molar-refractivity contribution >= 4 is 10.0 Å². The molecule has 0 spiro atoms. The maximum atomic E-state index is 12.9. The van der Waals surface area contributed by atoms with Gasteiger partial charge in [-0.3, -0.25) is 4.98 Å². The number of rotatable bonds is 6. The van der Waals surface area contributed by atoms with Crippen LogP contribution in [0.25, 0.3) is 0 Å². The number of hydrogen-bond acceptors (Lipinski definition) is 4. The SMILES string of the molecule is COc1ccc(S(=O)(=O)N(Cc2cccnc2)C2CC2)cc1. The Bertz CT molecular complexity index is 726. The molecule has 1 aliphatic rings. The van der Waals surface area contributed by atoms with E-state index < -0.39 is 10.0 Å². The van der Waals surface area contributed by atoms with E-state index in [4.69, 9.17) is 4.74 Å². The molecule has 0 bridgehead atoms. The van der Waals surface area contributed by atoms with Crippen molar-refractivity contribution in [3.05, 3.63) is 54.4 Å². The van der Waals surface area contributed by atoms with Gasteiger partial charge in [0.1, 0.15) is 5.75 Å². The minimum Gasteiger partial charge on any atom is -0.497 e. The summed E-state index contributed by atoms with van der Waals surface area (Å²) < 4.78 is 32.4. The highest BCUT2D eigenvalue weighted by molar-refractivity contribution is 7.89. The Balaban J connectivity index is 1.89. The van der Waals surface area contributed by atoms with Crippen LogP contribution in [0.1, 0.15) is 18.4 Å². The molecule has 0 unspecified atom stereocenters. The summed E-state index contributed by atoms with van der Waals surface area (Å²) in [5.74, 6) is 0.643. The maximum Gasteiger partial charge on any atom is 0.243 e. The van der Waals surface area contributed by atoms with Crippen molar-refractivity contribution in [3.63, 3.8) is 0 Å². The second-order valence-electron chi connectivity index (χ2n) is 5.32. The van der Waals surface area contributed by atoms with Gasteiger partial charge in [0.25, 0.3) is 0 Å². The van der Waals surface area contributed by atoms with E-state index in [1.807, 2.05) is 12.1 Å². The molecule has 2 aromatic rings. The zero-order valence-corrected chi connectivity index (χ0v) is 13.2. The molecular weight excluding hydrogens is 300 g/mol. The Hall–Kier alpha value is -1.92. The summed E-state index contributed by atoms with van der Waals surface area (Å²) in [6.07, 6.45) is 5.22. The molecule has 3 rings (SSSR count). The zero-order chi connectivity index (χ0) is 15.6. The van der Waals surface area contributed by atoms with Crippen LogP contribution in [0.15, 0.2) is 53.7 Å². The van der Waals surface area contributed by atoms with Crippen molar-refractivity contribution in [1.29, 1.82) is 0 Å². The Kier molecular flexibility index (Phi) is 4.13. The number of pyridine rings is 1. The maximum absolute atomic E-state index is 12.9. The first kappa shape index (κ1) is 15.0. The van der Waals surface area contributed by atoms with Gasteiger partial charge in [0, 0.05) is 25.0 Å². The van der Waals surface area contributed by atoms with Crippen LogP contribution < -0.4 is 4.74 Å². The van der Waals surface area contributed by atoms with E-state index in [1.165, 1.54) is 0 Å². The van der Waals surface area contributed by atoms with E-state index in [9.17, 15) is 8.42 Å². The van der Waals surface area contributed by atoms with Gasteiger partial charge in [0.05, 0.1) is 12.0 Å².